The van der Waals surface area contributed by atoms with Gasteiger partial charge in [0.1, 0.15) is 5.82 Å². The van der Waals surface area contributed by atoms with Crippen LogP contribution in [-0.2, 0) is 16.0 Å². The number of likely N-dealkylation sites (tertiary alicyclic amines) is 1. The molecule has 1 aromatic carbocycles. The highest BCUT2D eigenvalue weighted by atomic mass is 19.1. The standard InChI is InChI=1S/C23H36FN3O2/c1-18(2)26-12-7-20(8-13-26)27(21-9-15-29-16-10-21)14-11-25-23(28)17-19-5-3-4-6-22(19)24/h3-6,18,20-21H,7-17H2,1-2H3,(H,25,28). The van der Waals surface area contributed by atoms with Crippen LogP contribution in [0, 0.1) is 5.82 Å². The number of hydrogen-bond donors (Lipinski definition) is 1. The molecule has 0 atom stereocenters. The first-order chi connectivity index (χ1) is 14.0. The zero-order valence-corrected chi connectivity index (χ0v) is 17.9. The molecule has 162 valence electrons. The van der Waals surface area contributed by atoms with E-state index in [9.17, 15) is 9.18 Å². The molecule has 3 rings (SSSR count). The van der Waals surface area contributed by atoms with E-state index in [-0.39, 0.29) is 18.1 Å². The van der Waals surface area contributed by atoms with Crippen LogP contribution in [0.5, 0.6) is 0 Å². The highest BCUT2D eigenvalue weighted by Gasteiger charge is 2.31. The molecule has 6 heteroatoms. The van der Waals surface area contributed by atoms with Crippen molar-refractivity contribution in [2.24, 2.45) is 0 Å². The fourth-order valence-electron chi connectivity index (χ4n) is 4.62. The van der Waals surface area contributed by atoms with Gasteiger partial charge in [-0.1, -0.05) is 18.2 Å². The molecule has 29 heavy (non-hydrogen) atoms. The largest absolute Gasteiger partial charge is 0.381 e. The van der Waals surface area contributed by atoms with Crippen LogP contribution >= 0.6 is 0 Å². The Balaban J connectivity index is 1.52. The van der Waals surface area contributed by atoms with Crippen molar-refractivity contribution >= 4 is 5.91 Å². The highest BCUT2D eigenvalue weighted by Crippen LogP contribution is 2.24. The Hall–Kier alpha value is -1.50. The van der Waals surface area contributed by atoms with E-state index in [0.29, 0.717) is 30.2 Å². The lowest BCUT2D eigenvalue weighted by atomic mass is 9.97. The number of nitrogens with zero attached hydrogens (tertiary/aromatic N) is 2. The van der Waals surface area contributed by atoms with Crippen molar-refractivity contribution in [2.75, 3.05) is 39.4 Å². The summed E-state index contributed by atoms with van der Waals surface area (Å²) in [4.78, 5) is 17.5. The Labute approximate surface area is 174 Å². The third-order valence-electron chi connectivity index (χ3n) is 6.36. The molecular formula is C23H36FN3O2. The van der Waals surface area contributed by atoms with Gasteiger partial charge in [-0.2, -0.15) is 0 Å². The maximum atomic E-state index is 13.8. The number of rotatable bonds is 8. The van der Waals surface area contributed by atoms with Crippen LogP contribution in [0.15, 0.2) is 24.3 Å². The van der Waals surface area contributed by atoms with Gasteiger partial charge < -0.3 is 15.0 Å². The minimum absolute atomic E-state index is 0.0940. The van der Waals surface area contributed by atoms with Crippen molar-refractivity contribution in [1.82, 2.24) is 15.1 Å². The van der Waals surface area contributed by atoms with E-state index in [2.05, 4.69) is 29.0 Å². The van der Waals surface area contributed by atoms with Crippen molar-refractivity contribution < 1.29 is 13.9 Å². The van der Waals surface area contributed by atoms with Gasteiger partial charge in [-0.25, -0.2) is 4.39 Å². The number of halogens is 1. The second-order valence-electron chi connectivity index (χ2n) is 8.56. The summed E-state index contributed by atoms with van der Waals surface area (Å²) in [6.07, 6.45) is 4.58. The van der Waals surface area contributed by atoms with Crippen LogP contribution in [0.25, 0.3) is 0 Å². The minimum Gasteiger partial charge on any atom is -0.381 e. The molecule has 2 saturated heterocycles. The van der Waals surface area contributed by atoms with Crippen molar-refractivity contribution in [3.8, 4) is 0 Å². The molecule has 2 aliphatic heterocycles. The van der Waals surface area contributed by atoms with E-state index >= 15 is 0 Å². The Morgan fingerprint density at radius 3 is 2.48 bits per heavy atom. The summed E-state index contributed by atoms with van der Waals surface area (Å²) in [5.41, 5.74) is 0.451. The van der Waals surface area contributed by atoms with E-state index in [1.165, 1.54) is 18.9 Å². The number of ether oxygens (including phenoxy) is 1. The number of nitrogens with one attached hydrogen (secondary N) is 1. The number of piperidine rings is 1. The zero-order chi connectivity index (χ0) is 20.6. The van der Waals surface area contributed by atoms with Crippen molar-refractivity contribution in [2.45, 2.75) is 64.1 Å². The number of benzene rings is 1. The van der Waals surface area contributed by atoms with E-state index in [1.54, 1.807) is 18.2 Å². The third kappa shape index (κ3) is 6.49. The average Bonchev–Trinajstić information content (AvgIpc) is 2.74. The molecule has 1 N–H and O–H groups in total. The molecule has 5 nitrogen and oxygen atoms in total. The van der Waals surface area contributed by atoms with Gasteiger partial charge in [-0.15, -0.1) is 0 Å². The summed E-state index contributed by atoms with van der Waals surface area (Å²) in [7, 11) is 0. The van der Waals surface area contributed by atoms with Gasteiger partial charge in [0.25, 0.3) is 0 Å². The summed E-state index contributed by atoms with van der Waals surface area (Å²) >= 11 is 0. The highest BCUT2D eigenvalue weighted by molar-refractivity contribution is 5.78. The lowest BCUT2D eigenvalue weighted by Crippen LogP contribution is -2.53. The van der Waals surface area contributed by atoms with Crippen LogP contribution in [-0.4, -0.2) is 73.2 Å². The van der Waals surface area contributed by atoms with Crippen LogP contribution in [0.4, 0.5) is 4.39 Å². The minimum atomic E-state index is -0.316. The number of hydrogen-bond acceptors (Lipinski definition) is 4. The maximum absolute atomic E-state index is 13.8. The molecular weight excluding hydrogens is 369 g/mol. The van der Waals surface area contributed by atoms with Gasteiger partial charge in [0.15, 0.2) is 0 Å². The lowest BCUT2D eigenvalue weighted by molar-refractivity contribution is -0.120. The molecule has 2 heterocycles. The number of amides is 1. The van der Waals surface area contributed by atoms with Crippen LogP contribution in [0.3, 0.4) is 0 Å². The molecule has 2 fully saturated rings. The first-order valence-electron chi connectivity index (χ1n) is 11.1. The first-order valence-corrected chi connectivity index (χ1v) is 11.1. The molecule has 0 saturated carbocycles. The monoisotopic (exact) mass is 405 g/mol. The molecule has 1 amide bonds. The van der Waals surface area contributed by atoms with Gasteiger partial charge >= 0.3 is 0 Å². The van der Waals surface area contributed by atoms with E-state index < -0.39 is 0 Å². The van der Waals surface area contributed by atoms with Crippen molar-refractivity contribution in [1.29, 1.82) is 0 Å². The smallest absolute Gasteiger partial charge is 0.224 e. The molecule has 1 aromatic rings. The molecule has 0 spiro atoms. The molecule has 0 aromatic heterocycles. The lowest BCUT2D eigenvalue weighted by Gasteiger charge is -2.44. The second kappa shape index (κ2) is 11.0. The number of carbonyl (C=O) groups is 1. The summed E-state index contributed by atoms with van der Waals surface area (Å²) in [5.74, 6) is -0.431. The zero-order valence-electron chi connectivity index (χ0n) is 17.9. The van der Waals surface area contributed by atoms with E-state index in [1.807, 2.05) is 0 Å². The fraction of sp³-hybridized carbons (Fsp3) is 0.696. The van der Waals surface area contributed by atoms with E-state index in [4.69, 9.17) is 4.74 Å². The predicted molar refractivity (Wildman–Crippen MR) is 113 cm³/mol. The Morgan fingerprint density at radius 1 is 1.17 bits per heavy atom. The predicted octanol–water partition coefficient (Wildman–Crippen LogP) is 2.84. The normalized spacial score (nSPS) is 19.8. The number of carbonyl (C=O) groups excluding carboxylic acids is 1. The topological polar surface area (TPSA) is 44.8 Å². The second-order valence-corrected chi connectivity index (χ2v) is 8.56. The molecule has 0 bridgehead atoms. The van der Waals surface area contributed by atoms with E-state index in [0.717, 1.165) is 45.7 Å². The Morgan fingerprint density at radius 2 is 1.83 bits per heavy atom. The summed E-state index contributed by atoms with van der Waals surface area (Å²) in [6.45, 7) is 9.92. The van der Waals surface area contributed by atoms with Crippen LogP contribution < -0.4 is 5.32 Å². The van der Waals surface area contributed by atoms with Crippen molar-refractivity contribution in [3.05, 3.63) is 35.6 Å². The van der Waals surface area contributed by atoms with Gasteiger partial charge in [-0.3, -0.25) is 9.69 Å². The van der Waals surface area contributed by atoms with Crippen LogP contribution in [0.2, 0.25) is 0 Å². The van der Waals surface area contributed by atoms with Gasteiger partial charge in [0.2, 0.25) is 5.91 Å². The quantitative estimate of drug-likeness (QED) is 0.722. The summed E-state index contributed by atoms with van der Waals surface area (Å²) in [6, 6.07) is 8.18. The first kappa shape index (κ1) is 22.2. The Bertz CT molecular complexity index is 641. The summed E-state index contributed by atoms with van der Waals surface area (Å²) < 4.78 is 19.3. The molecule has 0 aliphatic carbocycles. The van der Waals surface area contributed by atoms with Gasteiger partial charge in [-0.05, 0) is 64.3 Å². The van der Waals surface area contributed by atoms with Gasteiger partial charge in [0, 0.05) is 44.4 Å². The van der Waals surface area contributed by atoms with Gasteiger partial charge in [0.05, 0.1) is 6.42 Å². The maximum Gasteiger partial charge on any atom is 0.224 e. The molecule has 2 aliphatic rings. The average molecular weight is 406 g/mol. The molecule has 0 radical (unpaired) electrons. The summed E-state index contributed by atoms with van der Waals surface area (Å²) in [5, 5.41) is 3.01. The molecule has 0 unspecified atom stereocenters. The fourth-order valence-corrected chi connectivity index (χ4v) is 4.62. The van der Waals surface area contributed by atoms with Crippen LogP contribution in [0.1, 0.15) is 45.1 Å². The Kier molecular flexibility index (Phi) is 8.45. The SMILES string of the molecule is CC(C)N1CCC(N(CCNC(=O)Cc2ccccc2F)C2CCOCC2)CC1. The van der Waals surface area contributed by atoms with Crippen molar-refractivity contribution in [3.63, 3.8) is 0 Å². The third-order valence-corrected chi connectivity index (χ3v) is 6.36.